The quantitative estimate of drug-likeness (QED) is 0.541. The fraction of sp³-hybridized carbons (Fsp3) is 0. The zero-order chi connectivity index (χ0) is 21.1. The first kappa shape index (κ1) is 20.9. The summed E-state index contributed by atoms with van der Waals surface area (Å²) in [6.45, 7) is 0. The fourth-order valence-corrected chi connectivity index (χ4v) is 4.87. The van der Waals surface area contributed by atoms with Gasteiger partial charge in [-0.1, -0.05) is 28.1 Å². The highest BCUT2D eigenvalue weighted by Crippen LogP contribution is 2.23. The first-order valence-corrected chi connectivity index (χ1v) is 11.9. The van der Waals surface area contributed by atoms with E-state index in [0.29, 0.717) is 5.69 Å². The lowest BCUT2D eigenvalue weighted by Gasteiger charge is -2.11. The van der Waals surface area contributed by atoms with E-state index in [-0.39, 0.29) is 21.0 Å². The van der Waals surface area contributed by atoms with Crippen LogP contribution >= 0.6 is 15.9 Å². The molecule has 0 aliphatic rings. The third-order valence-corrected chi connectivity index (χ3v) is 7.05. The molecule has 0 saturated carbocycles. The Hall–Kier alpha value is -2.87. The molecule has 3 aromatic carbocycles. The minimum absolute atomic E-state index is 0.0750. The first-order valence-electron chi connectivity index (χ1n) is 8.11. The molecule has 2 N–H and O–H groups in total. The van der Waals surface area contributed by atoms with Crippen molar-refractivity contribution in [2.24, 2.45) is 0 Å². The van der Waals surface area contributed by atoms with E-state index in [4.69, 9.17) is 5.26 Å². The molecule has 7 nitrogen and oxygen atoms in total. The highest BCUT2D eigenvalue weighted by molar-refractivity contribution is 9.10. The lowest BCUT2D eigenvalue weighted by Crippen LogP contribution is -2.15. The molecule has 0 aromatic heterocycles. The van der Waals surface area contributed by atoms with Gasteiger partial charge in [-0.3, -0.25) is 9.44 Å². The van der Waals surface area contributed by atoms with Crippen LogP contribution in [0.15, 0.2) is 87.1 Å². The Morgan fingerprint density at radius 2 is 1.28 bits per heavy atom. The predicted molar refractivity (Wildman–Crippen MR) is 113 cm³/mol. The van der Waals surface area contributed by atoms with Gasteiger partial charge in [-0.2, -0.15) is 5.26 Å². The number of nitriles is 1. The van der Waals surface area contributed by atoms with Crippen LogP contribution in [0.2, 0.25) is 0 Å². The van der Waals surface area contributed by atoms with Crippen molar-refractivity contribution in [3.05, 3.63) is 82.8 Å². The lowest BCUT2D eigenvalue weighted by atomic mass is 10.2. The molecule has 0 aliphatic carbocycles. The Labute approximate surface area is 177 Å². The van der Waals surface area contributed by atoms with E-state index in [1.165, 1.54) is 48.5 Å². The number of nitrogens with one attached hydrogen (secondary N) is 2. The highest BCUT2D eigenvalue weighted by atomic mass is 79.9. The Morgan fingerprint density at radius 3 is 1.90 bits per heavy atom. The monoisotopic (exact) mass is 491 g/mol. The Balaban J connectivity index is 1.87. The molecule has 10 heteroatoms. The standard InChI is InChI=1S/C19H14BrN3O4S2/c20-15-7-9-16(10-8-15)22-29(26,27)19-6-2-4-17(12-19)23-28(24,25)18-5-1-3-14(11-18)13-21/h1-12,22-23H. The van der Waals surface area contributed by atoms with Gasteiger partial charge in [0.2, 0.25) is 0 Å². The van der Waals surface area contributed by atoms with Crippen molar-refractivity contribution in [2.45, 2.75) is 9.79 Å². The van der Waals surface area contributed by atoms with Gasteiger partial charge in [0.15, 0.2) is 0 Å². The molecule has 3 rings (SSSR count). The summed E-state index contributed by atoms with van der Waals surface area (Å²) in [6, 6.07) is 19.4. The molecule has 0 atom stereocenters. The van der Waals surface area contributed by atoms with E-state index in [0.717, 1.165) is 4.47 Å². The van der Waals surface area contributed by atoms with Crippen molar-refractivity contribution in [1.29, 1.82) is 5.26 Å². The number of nitrogens with zero attached hydrogens (tertiary/aromatic N) is 1. The van der Waals surface area contributed by atoms with Gasteiger partial charge in [0.25, 0.3) is 20.0 Å². The molecule has 0 bridgehead atoms. The molecule has 148 valence electrons. The summed E-state index contributed by atoms with van der Waals surface area (Å²) in [6.07, 6.45) is 0. The van der Waals surface area contributed by atoms with Crippen LogP contribution in [0.1, 0.15) is 5.56 Å². The fourth-order valence-electron chi connectivity index (χ4n) is 2.41. The number of sulfonamides is 2. The molecular formula is C19H14BrN3O4S2. The summed E-state index contributed by atoms with van der Waals surface area (Å²) in [5.74, 6) is 0. The second-order valence-electron chi connectivity index (χ2n) is 5.89. The van der Waals surface area contributed by atoms with Crippen LogP contribution in [0.25, 0.3) is 0 Å². The number of hydrogen-bond acceptors (Lipinski definition) is 5. The van der Waals surface area contributed by atoms with Gasteiger partial charge in [-0.15, -0.1) is 0 Å². The zero-order valence-electron chi connectivity index (χ0n) is 14.7. The van der Waals surface area contributed by atoms with Gasteiger partial charge in [0.1, 0.15) is 0 Å². The highest BCUT2D eigenvalue weighted by Gasteiger charge is 2.18. The van der Waals surface area contributed by atoms with E-state index >= 15 is 0 Å². The molecule has 0 unspecified atom stereocenters. The van der Waals surface area contributed by atoms with Crippen LogP contribution in [0, 0.1) is 11.3 Å². The second kappa shape index (κ2) is 8.24. The molecular weight excluding hydrogens is 478 g/mol. The topological polar surface area (TPSA) is 116 Å². The molecule has 0 radical (unpaired) electrons. The zero-order valence-corrected chi connectivity index (χ0v) is 17.9. The number of benzene rings is 3. The summed E-state index contributed by atoms with van der Waals surface area (Å²) >= 11 is 3.28. The smallest absolute Gasteiger partial charge is 0.261 e. The van der Waals surface area contributed by atoms with Crippen molar-refractivity contribution in [2.75, 3.05) is 9.44 Å². The van der Waals surface area contributed by atoms with E-state index in [1.807, 2.05) is 6.07 Å². The summed E-state index contributed by atoms with van der Waals surface area (Å²) in [5, 5.41) is 8.94. The first-order chi connectivity index (χ1) is 13.7. The average molecular weight is 492 g/mol. The van der Waals surface area contributed by atoms with Gasteiger partial charge >= 0.3 is 0 Å². The molecule has 0 saturated heterocycles. The molecule has 3 aromatic rings. The van der Waals surface area contributed by atoms with E-state index < -0.39 is 20.0 Å². The SMILES string of the molecule is N#Cc1cccc(S(=O)(=O)Nc2cccc(S(=O)(=O)Nc3ccc(Br)cc3)c2)c1. The van der Waals surface area contributed by atoms with Crippen LogP contribution in [0.3, 0.4) is 0 Å². The van der Waals surface area contributed by atoms with Crippen LogP contribution in [0.4, 0.5) is 11.4 Å². The summed E-state index contributed by atoms with van der Waals surface area (Å²) < 4.78 is 55.9. The molecule has 0 amide bonds. The third kappa shape index (κ3) is 5.14. The van der Waals surface area contributed by atoms with E-state index in [1.54, 1.807) is 24.3 Å². The number of hydrogen-bond donors (Lipinski definition) is 2. The third-order valence-electron chi connectivity index (χ3n) is 3.77. The maximum Gasteiger partial charge on any atom is 0.261 e. The summed E-state index contributed by atoms with van der Waals surface area (Å²) in [4.78, 5) is -0.204. The minimum Gasteiger partial charge on any atom is -0.280 e. The Bertz CT molecular complexity index is 1300. The molecule has 0 fully saturated rings. The minimum atomic E-state index is -3.99. The largest absolute Gasteiger partial charge is 0.280 e. The van der Waals surface area contributed by atoms with Gasteiger partial charge in [0, 0.05) is 10.2 Å². The molecule has 0 aliphatic heterocycles. The predicted octanol–water partition coefficient (Wildman–Crippen LogP) is 3.92. The van der Waals surface area contributed by atoms with E-state index in [2.05, 4.69) is 25.4 Å². The molecule has 0 heterocycles. The summed E-state index contributed by atoms with van der Waals surface area (Å²) in [5.41, 5.74) is 0.640. The Morgan fingerprint density at radius 1 is 0.724 bits per heavy atom. The number of halogens is 1. The number of rotatable bonds is 6. The molecule has 29 heavy (non-hydrogen) atoms. The lowest BCUT2D eigenvalue weighted by molar-refractivity contribution is 0.598. The van der Waals surface area contributed by atoms with Crippen LogP contribution in [-0.2, 0) is 20.0 Å². The van der Waals surface area contributed by atoms with Crippen molar-refractivity contribution >= 4 is 47.4 Å². The van der Waals surface area contributed by atoms with Gasteiger partial charge in [0.05, 0.1) is 27.1 Å². The van der Waals surface area contributed by atoms with Gasteiger partial charge < -0.3 is 0 Å². The van der Waals surface area contributed by atoms with Crippen molar-refractivity contribution in [1.82, 2.24) is 0 Å². The molecule has 0 spiro atoms. The number of anilines is 2. The van der Waals surface area contributed by atoms with Crippen LogP contribution in [-0.4, -0.2) is 16.8 Å². The normalized spacial score (nSPS) is 11.4. The van der Waals surface area contributed by atoms with Crippen molar-refractivity contribution in [3.8, 4) is 6.07 Å². The maximum absolute atomic E-state index is 12.6. The van der Waals surface area contributed by atoms with Crippen LogP contribution in [0.5, 0.6) is 0 Å². The Kier molecular flexibility index (Phi) is 5.93. The van der Waals surface area contributed by atoms with Crippen molar-refractivity contribution < 1.29 is 16.8 Å². The van der Waals surface area contributed by atoms with E-state index in [9.17, 15) is 16.8 Å². The van der Waals surface area contributed by atoms with Gasteiger partial charge in [-0.05, 0) is 60.7 Å². The average Bonchev–Trinajstić information content (AvgIpc) is 2.69. The summed E-state index contributed by atoms with van der Waals surface area (Å²) in [7, 11) is -7.92. The van der Waals surface area contributed by atoms with Gasteiger partial charge in [-0.25, -0.2) is 16.8 Å². The van der Waals surface area contributed by atoms with Crippen LogP contribution < -0.4 is 9.44 Å². The van der Waals surface area contributed by atoms with Crippen molar-refractivity contribution in [3.63, 3.8) is 0 Å². The second-order valence-corrected chi connectivity index (χ2v) is 10.2. The maximum atomic E-state index is 12.6.